The van der Waals surface area contributed by atoms with Crippen LogP contribution in [0, 0.1) is 0 Å². The molecule has 0 aliphatic carbocycles. The van der Waals surface area contributed by atoms with Gasteiger partial charge in [0, 0.05) is 13.2 Å². The fourth-order valence-electron chi connectivity index (χ4n) is 1.74. The van der Waals surface area contributed by atoms with E-state index in [9.17, 15) is 0 Å². The van der Waals surface area contributed by atoms with Crippen LogP contribution < -0.4 is 10.1 Å². The number of nitrogens with one attached hydrogen (secondary N) is 1. The maximum absolute atomic E-state index is 5.61. The first-order valence-corrected chi connectivity index (χ1v) is 6.66. The van der Waals surface area contributed by atoms with Gasteiger partial charge in [0.05, 0.1) is 12.2 Å². The van der Waals surface area contributed by atoms with Gasteiger partial charge in [0.2, 0.25) is 0 Å². The van der Waals surface area contributed by atoms with Crippen molar-refractivity contribution in [2.75, 3.05) is 26.3 Å². The quantitative estimate of drug-likeness (QED) is 0.685. The second-order valence-corrected chi connectivity index (χ2v) is 4.88. The summed E-state index contributed by atoms with van der Waals surface area (Å²) >= 11 is 0. The zero-order valence-electron chi connectivity index (χ0n) is 11.7. The third kappa shape index (κ3) is 6.62. The molecule has 102 valence electrons. The molecule has 0 spiro atoms. The third-order valence-corrected chi connectivity index (χ3v) is 2.60. The lowest BCUT2D eigenvalue weighted by atomic mass is 10.1. The summed E-state index contributed by atoms with van der Waals surface area (Å²) in [6, 6.07) is 9.91. The van der Waals surface area contributed by atoms with Gasteiger partial charge < -0.3 is 14.8 Å². The highest BCUT2D eigenvalue weighted by atomic mass is 16.5. The van der Waals surface area contributed by atoms with Gasteiger partial charge in [0.15, 0.2) is 0 Å². The van der Waals surface area contributed by atoms with Crippen LogP contribution in [0.1, 0.15) is 27.2 Å². The molecule has 1 aromatic rings. The molecule has 3 heteroatoms. The molecule has 0 amide bonds. The Labute approximate surface area is 110 Å². The van der Waals surface area contributed by atoms with Gasteiger partial charge in [-0.2, -0.15) is 0 Å². The van der Waals surface area contributed by atoms with Gasteiger partial charge in [-0.25, -0.2) is 0 Å². The Bertz CT molecular complexity index is 312. The van der Waals surface area contributed by atoms with Crippen molar-refractivity contribution in [3.05, 3.63) is 30.3 Å². The molecule has 0 unspecified atom stereocenters. The highest BCUT2D eigenvalue weighted by molar-refractivity contribution is 5.20. The van der Waals surface area contributed by atoms with Crippen LogP contribution in [-0.4, -0.2) is 31.9 Å². The SMILES string of the molecule is CCOC(C)(C)CNCCCOc1ccccc1. The molecule has 0 aliphatic rings. The average Bonchev–Trinajstić information content (AvgIpc) is 2.35. The molecule has 0 saturated heterocycles. The molecular formula is C15H25NO2. The summed E-state index contributed by atoms with van der Waals surface area (Å²) in [4.78, 5) is 0. The van der Waals surface area contributed by atoms with Crippen LogP contribution in [0.3, 0.4) is 0 Å². The number of rotatable bonds is 9. The Morgan fingerprint density at radius 3 is 2.56 bits per heavy atom. The highest BCUT2D eigenvalue weighted by Gasteiger charge is 2.16. The summed E-state index contributed by atoms with van der Waals surface area (Å²) in [5.41, 5.74) is -0.0883. The van der Waals surface area contributed by atoms with Crippen LogP contribution in [0.15, 0.2) is 30.3 Å². The summed E-state index contributed by atoms with van der Waals surface area (Å²) in [6.45, 7) is 9.54. The molecule has 1 aromatic carbocycles. The molecule has 3 nitrogen and oxygen atoms in total. The molecule has 0 saturated carbocycles. The summed E-state index contributed by atoms with van der Waals surface area (Å²) < 4.78 is 11.2. The van der Waals surface area contributed by atoms with Gasteiger partial charge in [-0.3, -0.25) is 0 Å². The molecular weight excluding hydrogens is 226 g/mol. The van der Waals surface area contributed by atoms with Crippen molar-refractivity contribution < 1.29 is 9.47 Å². The normalized spacial score (nSPS) is 11.5. The predicted octanol–water partition coefficient (Wildman–Crippen LogP) is 2.86. The molecule has 1 N–H and O–H groups in total. The molecule has 0 radical (unpaired) electrons. The van der Waals surface area contributed by atoms with Crippen molar-refractivity contribution >= 4 is 0 Å². The third-order valence-electron chi connectivity index (χ3n) is 2.60. The first-order valence-electron chi connectivity index (χ1n) is 6.66. The summed E-state index contributed by atoms with van der Waals surface area (Å²) in [5, 5.41) is 3.39. The minimum absolute atomic E-state index is 0.0883. The van der Waals surface area contributed by atoms with E-state index in [1.54, 1.807) is 0 Å². The van der Waals surface area contributed by atoms with E-state index in [1.807, 2.05) is 37.3 Å². The number of para-hydroxylation sites is 1. The van der Waals surface area contributed by atoms with E-state index in [1.165, 1.54) is 0 Å². The smallest absolute Gasteiger partial charge is 0.119 e. The molecule has 0 fully saturated rings. The Kier molecular flexibility index (Phi) is 6.76. The summed E-state index contributed by atoms with van der Waals surface area (Å²) in [7, 11) is 0. The topological polar surface area (TPSA) is 30.5 Å². The standard InChI is InChI=1S/C15H25NO2/c1-4-18-15(2,3)13-16-11-8-12-17-14-9-6-5-7-10-14/h5-7,9-10,16H,4,8,11-13H2,1-3H3. The van der Waals surface area contributed by atoms with E-state index >= 15 is 0 Å². The van der Waals surface area contributed by atoms with Crippen molar-refractivity contribution in [3.8, 4) is 5.75 Å². The van der Waals surface area contributed by atoms with E-state index in [0.717, 1.165) is 38.5 Å². The van der Waals surface area contributed by atoms with Gasteiger partial charge in [0.25, 0.3) is 0 Å². The second-order valence-electron chi connectivity index (χ2n) is 4.88. The molecule has 0 aromatic heterocycles. The van der Waals surface area contributed by atoms with Gasteiger partial charge in [-0.05, 0) is 45.9 Å². The number of hydrogen-bond acceptors (Lipinski definition) is 3. The van der Waals surface area contributed by atoms with Gasteiger partial charge in [-0.1, -0.05) is 18.2 Å². The first kappa shape index (κ1) is 15.0. The van der Waals surface area contributed by atoms with Crippen LogP contribution in [0.5, 0.6) is 5.75 Å². The number of benzene rings is 1. The monoisotopic (exact) mass is 251 g/mol. The fourth-order valence-corrected chi connectivity index (χ4v) is 1.74. The molecule has 18 heavy (non-hydrogen) atoms. The van der Waals surface area contributed by atoms with Crippen molar-refractivity contribution in [1.29, 1.82) is 0 Å². The second kappa shape index (κ2) is 8.11. The van der Waals surface area contributed by atoms with E-state index in [-0.39, 0.29) is 5.60 Å². The maximum Gasteiger partial charge on any atom is 0.119 e. The molecule has 0 aliphatic heterocycles. The largest absolute Gasteiger partial charge is 0.494 e. The van der Waals surface area contributed by atoms with Crippen LogP contribution in [0.4, 0.5) is 0 Å². The van der Waals surface area contributed by atoms with Crippen LogP contribution >= 0.6 is 0 Å². The lowest BCUT2D eigenvalue weighted by molar-refractivity contribution is -0.00878. The Morgan fingerprint density at radius 2 is 1.89 bits per heavy atom. The Balaban J connectivity index is 2.02. The van der Waals surface area contributed by atoms with Crippen LogP contribution in [0.25, 0.3) is 0 Å². The van der Waals surface area contributed by atoms with Crippen molar-refractivity contribution in [2.45, 2.75) is 32.8 Å². The van der Waals surface area contributed by atoms with Gasteiger partial charge in [-0.15, -0.1) is 0 Å². The Hall–Kier alpha value is -1.06. The van der Waals surface area contributed by atoms with E-state index < -0.39 is 0 Å². The number of hydrogen-bond donors (Lipinski definition) is 1. The molecule has 0 heterocycles. The highest BCUT2D eigenvalue weighted by Crippen LogP contribution is 2.08. The maximum atomic E-state index is 5.61. The van der Waals surface area contributed by atoms with Crippen molar-refractivity contribution in [1.82, 2.24) is 5.32 Å². The summed E-state index contributed by atoms with van der Waals surface area (Å²) in [5.74, 6) is 0.937. The van der Waals surface area contributed by atoms with Crippen molar-refractivity contribution in [3.63, 3.8) is 0 Å². The van der Waals surface area contributed by atoms with Crippen LogP contribution in [-0.2, 0) is 4.74 Å². The predicted molar refractivity (Wildman–Crippen MR) is 75.1 cm³/mol. The molecule has 0 bridgehead atoms. The van der Waals surface area contributed by atoms with Crippen LogP contribution in [0.2, 0.25) is 0 Å². The van der Waals surface area contributed by atoms with E-state index in [0.29, 0.717) is 0 Å². The molecule has 0 atom stereocenters. The molecule has 1 rings (SSSR count). The van der Waals surface area contributed by atoms with E-state index in [4.69, 9.17) is 9.47 Å². The van der Waals surface area contributed by atoms with Crippen molar-refractivity contribution in [2.24, 2.45) is 0 Å². The zero-order valence-corrected chi connectivity index (χ0v) is 11.7. The first-order chi connectivity index (χ1) is 8.64. The summed E-state index contributed by atoms with van der Waals surface area (Å²) in [6.07, 6.45) is 0.997. The zero-order chi connectivity index (χ0) is 13.3. The fraction of sp³-hybridized carbons (Fsp3) is 0.600. The average molecular weight is 251 g/mol. The lowest BCUT2D eigenvalue weighted by Gasteiger charge is -2.25. The van der Waals surface area contributed by atoms with Gasteiger partial charge >= 0.3 is 0 Å². The van der Waals surface area contributed by atoms with Gasteiger partial charge in [0.1, 0.15) is 5.75 Å². The minimum atomic E-state index is -0.0883. The number of ether oxygens (including phenoxy) is 2. The minimum Gasteiger partial charge on any atom is -0.494 e. The Morgan fingerprint density at radius 1 is 1.17 bits per heavy atom. The lowest BCUT2D eigenvalue weighted by Crippen LogP contribution is -2.38. The van der Waals surface area contributed by atoms with E-state index in [2.05, 4.69) is 19.2 Å².